The third-order valence-corrected chi connectivity index (χ3v) is 6.09. The summed E-state index contributed by atoms with van der Waals surface area (Å²) in [5, 5.41) is 3.60. The zero-order valence-electron chi connectivity index (χ0n) is 15.2. The fourth-order valence-corrected chi connectivity index (χ4v) is 4.21. The number of anilines is 1. The van der Waals surface area contributed by atoms with Gasteiger partial charge in [0.25, 0.3) is 0 Å². The molecule has 0 saturated carbocycles. The lowest BCUT2D eigenvalue weighted by Crippen LogP contribution is -2.45. The first kappa shape index (κ1) is 21.3. The highest BCUT2D eigenvalue weighted by Gasteiger charge is 2.26. The Bertz CT molecular complexity index is 1090. The van der Waals surface area contributed by atoms with E-state index in [4.69, 9.17) is 23.2 Å². The minimum Gasteiger partial charge on any atom is -0.325 e. The Kier molecular flexibility index (Phi) is 6.92. The number of nitrogens with one attached hydrogen (secondary N) is 2. The molecule has 0 fully saturated rings. The van der Waals surface area contributed by atoms with E-state index in [9.17, 15) is 13.2 Å². The highest BCUT2D eigenvalue weighted by molar-refractivity contribution is 7.89. The van der Waals surface area contributed by atoms with Crippen LogP contribution in [0, 0.1) is 0 Å². The quantitative estimate of drug-likeness (QED) is 0.557. The molecule has 2 N–H and O–H groups in total. The monoisotopic (exact) mass is 448 g/mol. The average molecular weight is 449 g/mol. The standard InChI is InChI=1S/C21H18Cl2N2O3S/c22-16-9-11-19(12-10-16)29(27,28)25-20(13-15-5-2-1-3-6-15)21(26)24-18-8-4-7-17(23)14-18/h1-12,14,20,25H,13H2,(H,24,26)/t20-/m1/s1. The molecule has 0 unspecified atom stereocenters. The van der Waals surface area contributed by atoms with Crippen LogP contribution in [0.4, 0.5) is 5.69 Å². The van der Waals surface area contributed by atoms with Crippen molar-refractivity contribution in [3.8, 4) is 0 Å². The summed E-state index contributed by atoms with van der Waals surface area (Å²) >= 11 is 11.8. The van der Waals surface area contributed by atoms with E-state index in [1.807, 2.05) is 30.3 Å². The zero-order valence-corrected chi connectivity index (χ0v) is 17.5. The predicted molar refractivity (Wildman–Crippen MR) is 116 cm³/mol. The Hall–Kier alpha value is -2.38. The summed E-state index contributed by atoms with van der Waals surface area (Å²) in [6.07, 6.45) is 0.181. The molecule has 0 aromatic heterocycles. The highest BCUT2D eigenvalue weighted by atomic mass is 35.5. The second-order valence-corrected chi connectivity index (χ2v) is 8.90. The van der Waals surface area contributed by atoms with Gasteiger partial charge in [-0.25, -0.2) is 8.42 Å². The topological polar surface area (TPSA) is 75.3 Å². The van der Waals surface area contributed by atoms with Gasteiger partial charge in [-0.3, -0.25) is 4.79 Å². The molecule has 0 aliphatic heterocycles. The smallest absolute Gasteiger partial charge is 0.242 e. The Morgan fingerprint density at radius 3 is 2.21 bits per heavy atom. The summed E-state index contributed by atoms with van der Waals surface area (Å²) < 4.78 is 28.1. The number of amides is 1. The number of carbonyl (C=O) groups excluding carboxylic acids is 1. The van der Waals surface area contributed by atoms with Gasteiger partial charge in [0.1, 0.15) is 6.04 Å². The van der Waals surface area contributed by atoms with Crippen LogP contribution in [0.1, 0.15) is 5.56 Å². The summed E-state index contributed by atoms with van der Waals surface area (Å²) in [6.45, 7) is 0. The van der Waals surface area contributed by atoms with Crippen LogP contribution in [-0.2, 0) is 21.2 Å². The first-order valence-electron chi connectivity index (χ1n) is 8.72. The lowest BCUT2D eigenvalue weighted by Gasteiger charge is -2.19. The second kappa shape index (κ2) is 9.41. The van der Waals surface area contributed by atoms with Crippen LogP contribution in [0.15, 0.2) is 83.8 Å². The molecular weight excluding hydrogens is 431 g/mol. The number of hydrogen-bond acceptors (Lipinski definition) is 3. The Labute approximate surface area is 179 Å². The van der Waals surface area contributed by atoms with Crippen molar-refractivity contribution in [3.63, 3.8) is 0 Å². The maximum atomic E-state index is 12.9. The Morgan fingerprint density at radius 2 is 1.55 bits per heavy atom. The van der Waals surface area contributed by atoms with Gasteiger partial charge in [0.15, 0.2) is 0 Å². The van der Waals surface area contributed by atoms with Gasteiger partial charge in [-0.2, -0.15) is 4.72 Å². The number of hydrogen-bond donors (Lipinski definition) is 2. The van der Waals surface area contributed by atoms with E-state index in [0.29, 0.717) is 15.7 Å². The van der Waals surface area contributed by atoms with Crippen LogP contribution in [0.5, 0.6) is 0 Å². The third kappa shape index (κ3) is 6.05. The molecule has 0 heterocycles. The summed E-state index contributed by atoms with van der Waals surface area (Å²) in [6, 6.07) is 20.5. The first-order chi connectivity index (χ1) is 13.8. The molecule has 0 aliphatic carbocycles. The minimum atomic E-state index is -3.94. The van der Waals surface area contributed by atoms with Crippen LogP contribution in [0.3, 0.4) is 0 Å². The maximum absolute atomic E-state index is 12.9. The zero-order chi connectivity index (χ0) is 20.9. The Balaban J connectivity index is 1.85. The van der Waals surface area contributed by atoms with Crippen molar-refractivity contribution in [3.05, 3.63) is 94.5 Å². The molecular formula is C21H18Cl2N2O3S. The second-order valence-electron chi connectivity index (χ2n) is 6.32. The van der Waals surface area contributed by atoms with Gasteiger partial charge in [-0.15, -0.1) is 0 Å². The number of carbonyl (C=O) groups is 1. The largest absolute Gasteiger partial charge is 0.325 e. The predicted octanol–water partition coefficient (Wildman–Crippen LogP) is 4.52. The lowest BCUT2D eigenvalue weighted by atomic mass is 10.1. The van der Waals surface area contributed by atoms with Crippen LogP contribution < -0.4 is 10.0 Å². The summed E-state index contributed by atoms with van der Waals surface area (Å²) in [7, 11) is -3.94. The Morgan fingerprint density at radius 1 is 0.862 bits per heavy atom. The summed E-state index contributed by atoms with van der Waals surface area (Å²) in [4.78, 5) is 12.9. The lowest BCUT2D eigenvalue weighted by molar-refractivity contribution is -0.117. The molecule has 0 radical (unpaired) electrons. The summed E-state index contributed by atoms with van der Waals surface area (Å²) in [5.41, 5.74) is 1.30. The van der Waals surface area contributed by atoms with Crippen molar-refractivity contribution in [1.29, 1.82) is 0 Å². The minimum absolute atomic E-state index is 0.0236. The summed E-state index contributed by atoms with van der Waals surface area (Å²) in [5.74, 6) is -0.492. The van der Waals surface area contributed by atoms with E-state index in [1.165, 1.54) is 24.3 Å². The van der Waals surface area contributed by atoms with E-state index in [0.717, 1.165) is 5.56 Å². The van der Waals surface area contributed by atoms with E-state index in [1.54, 1.807) is 24.3 Å². The fourth-order valence-electron chi connectivity index (χ4n) is 2.70. The van der Waals surface area contributed by atoms with Gasteiger partial charge in [0.2, 0.25) is 15.9 Å². The molecule has 8 heteroatoms. The van der Waals surface area contributed by atoms with Gasteiger partial charge in [0.05, 0.1) is 4.90 Å². The number of rotatable bonds is 7. The molecule has 5 nitrogen and oxygen atoms in total. The van der Waals surface area contributed by atoms with E-state index in [2.05, 4.69) is 10.0 Å². The molecule has 0 aliphatic rings. The SMILES string of the molecule is O=C(Nc1cccc(Cl)c1)[C@@H](Cc1ccccc1)NS(=O)(=O)c1ccc(Cl)cc1. The molecule has 3 aromatic rings. The van der Waals surface area contributed by atoms with Crippen molar-refractivity contribution in [2.75, 3.05) is 5.32 Å². The maximum Gasteiger partial charge on any atom is 0.242 e. The molecule has 3 aromatic carbocycles. The van der Waals surface area contributed by atoms with Crippen molar-refractivity contribution in [2.45, 2.75) is 17.4 Å². The van der Waals surface area contributed by atoms with Gasteiger partial charge < -0.3 is 5.32 Å². The van der Waals surface area contributed by atoms with Crippen LogP contribution >= 0.6 is 23.2 Å². The molecule has 29 heavy (non-hydrogen) atoms. The third-order valence-electron chi connectivity index (χ3n) is 4.11. The van der Waals surface area contributed by atoms with Gasteiger partial charge in [0, 0.05) is 15.7 Å². The fraction of sp³-hybridized carbons (Fsp3) is 0.0952. The van der Waals surface area contributed by atoms with Crippen LogP contribution in [0.2, 0.25) is 10.0 Å². The van der Waals surface area contributed by atoms with E-state index < -0.39 is 22.0 Å². The van der Waals surface area contributed by atoms with Gasteiger partial charge in [-0.05, 0) is 54.4 Å². The molecule has 150 valence electrons. The first-order valence-corrected chi connectivity index (χ1v) is 11.0. The van der Waals surface area contributed by atoms with Crippen LogP contribution in [0.25, 0.3) is 0 Å². The van der Waals surface area contributed by atoms with Crippen molar-refractivity contribution >= 4 is 44.8 Å². The van der Waals surface area contributed by atoms with Crippen LogP contribution in [-0.4, -0.2) is 20.4 Å². The van der Waals surface area contributed by atoms with Gasteiger partial charge in [-0.1, -0.05) is 59.6 Å². The molecule has 0 bridgehead atoms. The average Bonchev–Trinajstić information content (AvgIpc) is 2.68. The van der Waals surface area contributed by atoms with Crippen molar-refractivity contribution in [2.24, 2.45) is 0 Å². The molecule has 3 rings (SSSR count). The van der Waals surface area contributed by atoms with Gasteiger partial charge >= 0.3 is 0 Å². The molecule has 1 atom stereocenters. The highest BCUT2D eigenvalue weighted by Crippen LogP contribution is 2.18. The molecule has 0 spiro atoms. The number of benzene rings is 3. The molecule has 0 saturated heterocycles. The number of sulfonamides is 1. The van der Waals surface area contributed by atoms with Crippen molar-refractivity contribution in [1.82, 2.24) is 4.72 Å². The van der Waals surface area contributed by atoms with Crippen molar-refractivity contribution < 1.29 is 13.2 Å². The van der Waals surface area contributed by atoms with E-state index in [-0.39, 0.29) is 11.3 Å². The molecule has 1 amide bonds. The normalized spacial score (nSPS) is 12.3. The number of halogens is 2. The van der Waals surface area contributed by atoms with E-state index >= 15 is 0 Å².